The molecule has 2 aliphatic rings. The van der Waals surface area contributed by atoms with Gasteiger partial charge in [-0.15, -0.1) is 0 Å². The van der Waals surface area contributed by atoms with Crippen LogP contribution >= 0.6 is 0 Å². The van der Waals surface area contributed by atoms with Gasteiger partial charge in [0.25, 0.3) is 0 Å². The van der Waals surface area contributed by atoms with E-state index in [9.17, 15) is 4.79 Å². The summed E-state index contributed by atoms with van der Waals surface area (Å²) in [6.45, 7) is 3.94. The van der Waals surface area contributed by atoms with Gasteiger partial charge in [0.05, 0.1) is 18.3 Å². The van der Waals surface area contributed by atoms with Gasteiger partial charge in [-0.1, -0.05) is 18.2 Å². The minimum atomic E-state index is -0.678. The summed E-state index contributed by atoms with van der Waals surface area (Å²) in [5.74, 6) is 1.78. The van der Waals surface area contributed by atoms with Crippen molar-refractivity contribution in [1.29, 1.82) is 0 Å². The summed E-state index contributed by atoms with van der Waals surface area (Å²) in [6, 6.07) is 12.1. The fourth-order valence-electron chi connectivity index (χ4n) is 4.04. The van der Waals surface area contributed by atoms with E-state index in [4.69, 9.17) is 10.5 Å². The minimum absolute atomic E-state index is 0.0560. The zero-order valence-electron chi connectivity index (χ0n) is 16.9. The standard InChI is InChI=1S/C22H29N5O2/c1-29-19-8-3-2-7-18(19)26-12-14-27(15-13-26)20-17(6-4-11-24-20)16-25-21(28)22(23)9-5-10-22/h2-4,6-8,11H,5,9-10,12-16,23H2,1H3,(H,25,28). The van der Waals surface area contributed by atoms with E-state index >= 15 is 0 Å². The Hall–Kier alpha value is -2.80. The minimum Gasteiger partial charge on any atom is -0.495 e. The van der Waals surface area contributed by atoms with Crippen molar-refractivity contribution in [2.45, 2.75) is 31.3 Å². The maximum Gasteiger partial charge on any atom is 0.240 e. The predicted molar refractivity (Wildman–Crippen MR) is 114 cm³/mol. The first-order valence-electron chi connectivity index (χ1n) is 10.2. The normalized spacial score (nSPS) is 18.1. The molecule has 3 N–H and O–H groups in total. The highest BCUT2D eigenvalue weighted by atomic mass is 16.5. The third-order valence-electron chi connectivity index (χ3n) is 6.01. The van der Waals surface area contributed by atoms with E-state index in [1.165, 1.54) is 0 Å². The van der Waals surface area contributed by atoms with Crippen LogP contribution in [0.3, 0.4) is 0 Å². The van der Waals surface area contributed by atoms with Crippen molar-refractivity contribution in [3.8, 4) is 5.75 Å². The molecule has 2 heterocycles. The molecule has 29 heavy (non-hydrogen) atoms. The number of amides is 1. The molecule has 1 aromatic heterocycles. The van der Waals surface area contributed by atoms with E-state index in [2.05, 4.69) is 26.2 Å². The topological polar surface area (TPSA) is 83.7 Å². The number of nitrogens with zero attached hydrogens (tertiary/aromatic N) is 3. The van der Waals surface area contributed by atoms with Crippen LogP contribution in [0.1, 0.15) is 24.8 Å². The number of para-hydroxylation sites is 2. The van der Waals surface area contributed by atoms with E-state index in [1.807, 2.05) is 36.5 Å². The van der Waals surface area contributed by atoms with Crippen LogP contribution in [0, 0.1) is 0 Å². The predicted octanol–water partition coefficient (Wildman–Crippen LogP) is 1.91. The van der Waals surface area contributed by atoms with Crippen LogP contribution in [0.2, 0.25) is 0 Å². The summed E-state index contributed by atoms with van der Waals surface area (Å²) in [6.07, 6.45) is 4.37. The monoisotopic (exact) mass is 395 g/mol. The summed E-state index contributed by atoms with van der Waals surface area (Å²) >= 11 is 0. The van der Waals surface area contributed by atoms with E-state index in [0.717, 1.165) is 68.3 Å². The summed E-state index contributed by atoms with van der Waals surface area (Å²) in [7, 11) is 1.71. The Bertz CT molecular complexity index is 860. The third kappa shape index (κ3) is 4.00. The zero-order chi connectivity index (χ0) is 20.3. The number of aromatic nitrogens is 1. The van der Waals surface area contributed by atoms with Crippen LogP contribution in [-0.4, -0.2) is 49.7 Å². The van der Waals surface area contributed by atoms with Gasteiger partial charge >= 0.3 is 0 Å². The van der Waals surface area contributed by atoms with Crippen molar-refractivity contribution in [3.05, 3.63) is 48.2 Å². The SMILES string of the molecule is COc1ccccc1N1CCN(c2ncccc2CNC(=O)C2(N)CCC2)CC1. The molecule has 0 spiro atoms. The van der Waals surface area contributed by atoms with Crippen LogP contribution in [0.5, 0.6) is 5.75 Å². The molecule has 4 rings (SSSR count). The lowest BCUT2D eigenvalue weighted by molar-refractivity contribution is -0.129. The van der Waals surface area contributed by atoms with Gasteiger partial charge in [0.1, 0.15) is 11.6 Å². The maximum atomic E-state index is 12.4. The number of carbonyl (C=O) groups excluding carboxylic acids is 1. The number of methoxy groups -OCH3 is 1. The van der Waals surface area contributed by atoms with Crippen molar-refractivity contribution < 1.29 is 9.53 Å². The first kappa shape index (κ1) is 19.5. The molecule has 1 aromatic carbocycles. The molecule has 1 aliphatic carbocycles. The number of rotatable bonds is 6. The number of nitrogens with one attached hydrogen (secondary N) is 1. The highest BCUT2D eigenvalue weighted by molar-refractivity contribution is 5.87. The first-order chi connectivity index (χ1) is 14.1. The number of benzene rings is 1. The van der Waals surface area contributed by atoms with E-state index in [-0.39, 0.29) is 5.91 Å². The molecule has 2 fully saturated rings. The lowest BCUT2D eigenvalue weighted by Gasteiger charge is -2.38. The molecule has 0 bridgehead atoms. The molecule has 0 unspecified atom stereocenters. The van der Waals surface area contributed by atoms with Crippen LogP contribution in [0.4, 0.5) is 11.5 Å². The molecule has 0 atom stereocenters. The van der Waals surface area contributed by atoms with Crippen LogP contribution in [0.15, 0.2) is 42.6 Å². The largest absolute Gasteiger partial charge is 0.495 e. The Morgan fingerprint density at radius 1 is 1.14 bits per heavy atom. The smallest absolute Gasteiger partial charge is 0.240 e. The second-order valence-corrected chi connectivity index (χ2v) is 7.82. The molecule has 1 saturated carbocycles. The molecule has 2 aromatic rings. The molecular weight excluding hydrogens is 366 g/mol. The van der Waals surface area contributed by atoms with E-state index < -0.39 is 5.54 Å². The van der Waals surface area contributed by atoms with Gasteiger partial charge in [-0.3, -0.25) is 4.79 Å². The van der Waals surface area contributed by atoms with Crippen LogP contribution in [-0.2, 0) is 11.3 Å². The molecule has 1 amide bonds. The van der Waals surface area contributed by atoms with Crippen molar-refractivity contribution in [2.24, 2.45) is 5.73 Å². The Morgan fingerprint density at radius 2 is 1.86 bits per heavy atom. The number of carbonyl (C=O) groups is 1. The summed E-state index contributed by atoms with van der Waals surface area (Å²) in [5, 5.41) is 3.01. The average molecular weight is 396 g/mol. The number of ether oxygens (including phenoxy) is 1. The van der Waals surface area contributed by atoms with Crippen LogP contribution < -0.4 is 25.6 Å². The van der Waals surface area contributed by atoms with E-state index in [0.29, 0.717) is 6.54 Å². The molecule has 7 nitrogen and oxygen atoms in total. The Kier molecular flexibility index (Phi) is 5.58. The average Bonchev–Trinajstić information content (AvgIpc) is 2.76. The van der Waals surface area contributed by atoms with Crippen molar-refractivity contribution >= 4 is 17.4 Å². The highest BCUT2D eigenvalue weighted by Crippen LogP contribution is 2.30. The highest BCUT2D eigenvalue weighted by Gasteiger charge is 2.39. The molecule has 0 radical (unpaired) electrons. The molecule has 7 heteroatoms. The number of piperazine rings is 1. The number of hydrogen-bond acceptors (Lipinski definition) is 6. The van der Waals surface area contributed by atoms with Gasteiger partial charge in [-0.05, 0) is 37.5 Å². The Morgan fingerprint density at radius 3 is 2.55 bits per heavy atom. The second-order valence-electron chi connectivity index (χ2n) is 7.82. The Labute approximate surface area is 171 Å². The molecular formula is C22H29N5O2. The van der Waals surface area contributed by atoms with Crippen LogP contribution in [0.25, 0.3) is 0 Å². The second kappa shape index (κ2) is 8.29. The van der Waals surface area contributed by atoms with Gasteiger partial charge in [-0.25, -0.2) is 4.98 Å². The lowest BCUT2D eigenvalue weighted by atomic mass is 9.77. The first-order valence-corrected chi connectivity index (χ1v) is 10.2. The summed E-state index contributed by atoms with van der Waals surface area (Å²) in [4.78, 5) is 21.6. The van der Waals surface area contributed by atoms with Crippen molar-refractivity contribution in [1.82, 2.24) is 10.3 Å². The quantitative estimate of drug-likeness (QED) is 0.777. The lowest BCUT2D eigenvalue weighted by Crippen LogP contribution is -2.58. The molecule has 1 saturated heterocycles. The van der Waals surface area contributed by atoms with E-state index in [1.54, 1.807) is 7.11 Å². The molecule has 1 aliphatic heterocycles. The van der Waals surface area contributed by atoms with Gasteiger partial charge in [0.15, 0.2) is 0 Å². The maximum absolute atomic E-state index is 12.4. The number of pyridine rings is 1. The third-order valence-corrected chi connectivity index (χ3v) is 6.01. The number of hydrogen-bond donors (Lipinski definition) is 2. The van der Waals surface area contributed by atoms with Crippen molar-refractivity contribution in [2.75, 3.05) is 43.1 Å². The molecule has 154 valence electrons. The van der Waals surface area contributed by atoms with Gasteiger partial charge in [-0.2, -0.15) is 0 Å². The van der Waals surface area contributed by atoms with Crippen molar-refractivity contribution in [3.63, 3.8) is 0 Å². The fraction of sp³-hybridized carbons (Fsp3) is 0.455. The summed E-state index contributed by atoms with van der Waals surface area (Å²) < 4.78 is 5.51. The fourth-order valence-corrected chi connectivity index (χ4v) is 4.04. The number of anilines is 2. The number of nitrogens with two attached hydrogens (primary N) is 1. The van der Waals surface area contributed by atoms with Gasteiger partial charge in [0.2, 0.25) is 5.91 Å². The Balaban J connectivity index is 1.40. The zero-order valence-corrected chi connectivity index (χ0v) is 16.9. The van der Waals surface area contributed by atoms with Gasteiger partial charge in [0, 0.05) is 44.5 Å². The van der Waals surface area contributed by atoms with Gasteiger partial charge < -0.3 is 25.6 Å². The summed E-state index contributed by atoms with van der Waals surface area (Å²) in [5.41, 5.74) is 7.60.